The van der Waals surface area contributed by atoms with Gasteiger partial charge in [0, 0.05) is 17.3 Å². The van der Waals surface area contributed by atoms with Crippen LogP contribution in [0.3, 0.4) is 0 Å². The fourth-order valence-electron chi connectivity index (χ4n) is 3.05. The summed E-state index contributed by atoms with van der Waals surface area (Å²) >= 11 is 6.14. The summed E-state index contributed by atoms with van der Waals surface area (Å²) in [5.41, 5.74) is 0.0144. The molecule has 138 valence electrons. The van der Waals surface area contributed by atoms with Crippen LogP contribution in [0.4, 0.5) is 0 Å². The number of hydrogen-bond acceptors (Lipinski definition) is 4. The van der Waals surface area contributed by atoms with Crippen molar-refractivity contribution in [3.63, 3.8) is 0 Å². The van der Waals surface area contributed by atoms with E-state index in [4.69, 9.17) is 11.6 Å². The molecule has 1 aromatic heterocycles. The largest absolute Gasteiger partial charge is 0.346 e. The first kappa shape index (κ1) is 18.7. The highest BCUT2D eigenvalue weighted by molar-refractivity contribution is 7.91. The molecule has 0 radical (unpaired) electrons. The lowest BCUT2D eigenvalue weighted by molar-refractivity contribution is 0.0914. The molecule has 1 saturated heterocycles. The summed E-state index contributed by atoms with van der Waals surface area (Å²) in [6.45, 7) is 1.96. The summed E-state index contributed by atoms with van der Waals surface area (Å²) in [6, 6.07) is 9.93. The number of halogens is 1. The third-order valence-electron chi connectivity index (χ3n) is 4.46. The van der Waals surface area contributed by atoms with Crippen LogP contribution >= 0.6 is 11.6 Å². The number of benzene rings is 1. The molecule has 0 saturated carbocycles. The monoisotopic (exact) mass is 394 g/mol. The molecule has 6 nitrogen and oxygen atoms in total. The first-order valence-electron chi connectivity index (χ1n) is 8.14. The van der Waals surface area contributed by atoms with Gasteiger partial charge in [-0.15, -0.1) is 0 Å². The second-order valence-corrected chi connectivity index (χ2v) is 9.42. The smallest absolute Gasteiger partial charge is 0.253 e. The fraction of sp³-hybridized carbons (Fsp3) is 0.333. The van der Waals surface area contributed by atoms with Crippen molar-refractivity contribution < 1.29 is 13.2 Å². The third kappa shape index (κ3) is 4.16. The maximum absolute atomic E-state index is 12.6. The van der Waals surface area contributed by atoms with Gasteiger partial charge < -0.3 is 9.88 Å². The van der Waals surface area contributed by atoms with Crippen molar-refractivity contribution in [2.45, 2.75) is 25.4 Å². The van der Waals surface area contributed by atoms with Crippen molar-refractivity contribution in [1.29, 1.82) is 0 Å². The van der Waals surface area contributed by atoms with E-state index < -0.39 is 21.3 Å². The SMILES string of the molecule is CC1(NC(=O)c2ccc(=O)n(Cc3ccccc3Cl)c2)CCS(=O)(=O)C1. The van der Waals surface area contributed by atoms with Gasteiger partial charge in [-0.3, -0.25) is 9.59 Å². The maximum atomic E-state index is 12.6. The summed E-state index contributed by atoms with van der Waals surface area (Å²) in [4.78, 5) is 24.7. The van der Waals surface area contributed by atoms with Crippen LogP contribution in [-0.2, 0) is 16.4 Å². The molecule has 1 amide bonds. The summed E-state index contributed by atoms with van der Waals surface area (Å²) in [7, 11) is -3.13. The Morgan fingerprint density at radius 2 is 2.00 bits per heavy atom. The number of rotatable bonds is 4. The Labute approximate surface area is 156 Å². The first-order valence-corrected chi connectivity index (χ1v) is 10.3. The molecular formula is C18H19ClN2O4S. The highest BCUT2D eigenvalue weighted by Crippen LogP contribution is 2.23. The van der Waals surface area contributed by atoms with E-state index in [1.807, 2.05) is 12.1 Å². The van der Waals surface area contributed by atoms with Crippen LogP contribution in [0, 0.1) is 0 Å². The van der Waals surface area contributed by atoms with Crippen LogP contribution in [0.2, 0.25) is 5.02 Å². The standard InChI is InChI=1S/C18H19ClN2O4S/c1-18(8-9-26(24,25)12-18)20-17(23)14-6-7-16(22)21(11-14)10-13-4-2-3-5-15(13)19/h2-7,11H,8-10,12H2,1H3,(H,20,23). The van der Waals surface area contributed by atoms with E-state index in [-0.39, 0.29) is 23.6 Å². The number of carbonyl (C=O) groups excluding carboxylic acids is 1. The molecule has 0 spiro atoms. The van der Waals surface area contributed by atoms with E-state index in [0.717, 1.165) is 5.56 Å². The van der Waals surface area contributed by atoms with Crippen molar-refractivity contribution >= 4 is 27.3 Å². The second kappa shape index (κ2) is 6.89. The van der Waals surface area contributed by atoms with Gasteiger partial charge in [0.2, 0.25) is 0 Å². The zero-order valence-corrected chi connectivity index (χ0v) is 15.8. The second-order valence-electron chi connectivity index (χ2n) is 6.83. The van der Waals surface area contributed by atoms with Crippen LogP contribution < -0.4 is 10.9 Å². The molecule has 1 N–H and O–H groups in total. The van der Waals surface area contributed by atoms with Crippen molar-refractivity contribution in [3.8, 4) is 0 Å². The van der Waals surface area contributed by atoms with E-state index in [1.54, 1.807) is 19.1 Å². The number of sulfone groups is 1. The van der Waals surface area contributed by atoms with Gasteiger partial charge in [0.25, 0.3) is 11.5 Å². The van der Waals surface area contributed by atoms with Crippen LogP contribution in [-0.4, -0.2) is 35.9 Å². The van der Waals surface area contributed by atoms with Gasteiger partial charge in [-0.2, -0.15) is 0 Å². The lowest BCUT2D eigenvalue weighted by Crippen LogP contribution is -2.47. The number of aromatic nitrogens is 1. The van der Waals surface area contributed by atoms with Gasteiger partial charge in [-0.05, 0) is 31.0 Å². The van der Waals surface area contributed by atoms with Gasteiger partial charge in [0.1, 0.15) is 0 Å². The Hall–Kier alpha value is -2.12. The molecule has 2 heterocycles. The molecule has 26 heavy (non-hydrogen) atoms. The van der Waals surface area contributed by atoms with Crippen molar-refractivity contribution in [3.05, 3.63) is 69.1 Å². The molecule has 1 aliphatic rings. The minimum Gasteiger partial charge on any atom is -0.346 e. The molecule has 8 heteroatoms. The highest BCUT2D eigenvalue weighted by Gasteiger charge is 2.39. The third-order valence-corrected chi connectivity index (χ3v) is 6.73. The zero-order valence-electron chi connectivity index (χ0n) is 14.2. The normalized spacial score (nSPS) is 21.5. The average molecular weight is 395 g/mol. The Morgan fingerprint density at radius 1 is 1.27 bits per heavy atom. The Bertz CT molecular complexity index is 1020. The van der Waals surface area contributed by atoms with E-state index in [0.29, 0.717) is 17.0 Å². The number of hydrogen-bond donors (Lipinski definition) is 1. The highest BCUT2D eigenvalue weighted by atomic mass is 35.5. The molecule has 2 aromatic rings. The summed E-state index contributed by atoms with van der Waals surface area (Å²) in [6.07, 6.45) is 1.84. The summed E-state index contributed by atoms with van der Waals surface area (Å²) in [5, 5.41) is 3.33. The van der Waals surface area contributed by atoms with E-state index in [1.165, 1.54) is 22.9 Å². The molecule has 1 fully saturated rings. The Morgan fingerprint density at radius 3 is 2.65 bits per heavy atom. The van der Waals surface area contributed by atoms with Gasteiger partial charge >= 0.3 is 0 Å². The molecule has 3 rings (SSSR count). The van der Waals surface area contributed by atoms with Crippen LogP contribution in [0.5, 0.6) is 0 Å². The van der Waals surface area contributed by atoms with E-state index in [9.17, 15) is 18.0 Å². The predicted octanol–water partition coefficient (Wildman–Crippen LogP) is 1.86. The van der Waals surface area contributed by atoms with Crippen molar-refractivity contribution in [2.75, 3.05) is 11.5 Å². The number of pyridine rings is 1. The minimum absolute atomic E-state index is 0.0653. The summed E-state index contributed by atoms with van der Waals surface area (Å²) in [5.74, 6) is -0.418. The minimum atomic E-state index is -3.13. The number of nitrogens with zero attached hydrogens (tertiary/aromatic N) is 1. The number of nitrogens with one attached hydrogen (secondary N) is 1. The van der Waals surface area contributed by atoms with Gasteiger partial charge in [0.05, 0.1) is 29.2 Å². The molecule has 0 aliphatic carbocycles. The molecular weight excluding hydrogens is 376 g/mol. The van der Waals surface area contributed by atoms with Gasteiger partial charge in [-0.25, -0.2) is 8.42 Å². The zero-order chi connectivity index (χ0) is 18.9. The van der Waals surface area contributed by atoms with Crippen LogP contribution in [0.15, 0.2) is 47.4 Å². The van der Waals surface area contributed by atoms with Gasteiger partial charge in [-0.1, -0.05) is 29.8 Å². The van der Waals surface area contributed by atoms with Crippen molar-refractivity contribution in [1.82, 2.24) is 9.88 Å². The lowest BCUT2D eigenvalue weighted by Gasteiger charge is -2.24. The fourth-order valence-corrected chi connectivity index (χ4v) is 5.34. The average Bonchev–Trinajstić information content (AvgIpc) is 2.84. The number of carbonyl (C=O) groups is 1. The summed E-state index contributed by atoms with van der Waals surface area (Å²) < 4.78 is 24.8. The molecule has 0 bridgehead atoms. The molecule has 1 aliphatic heterocycles. The maximum Gasteiger partial charge on any atom is 0.253 e. The Balaban J connectivity index is 1.82. The topological polar surface area (TPSA) is 85.2 Å². The van der Waals surface area contributed by atoms with E-state index >= 15 is 0 Å². The van der Waals surface area contributed by atoms with Crippen LogP contribution in [0.1, 0.15) is 29.3 Å². The first-order chi connectivity index (χ1) is 12.2. The molecule has 1 aromatic carbocycles. The lowest BCUT2D eigenvalue weighted by atomic mass is 10.0. The van der Waals surface area contributed by atoms with Gasteiger partial charge in [0.15, 0.2) is 9.84 Å². The van der Waals surface area contributed by atoms with Crippen LogP contribution in [0.25, 0.3) is 0 Å². The molecule has 1 atom stereocenters. The molecule has 1 unspecified atom stereocenters. The Kier molecular flexibility index (Phi) is 4.94. The quantitative estimate of drug-likeness (QED) is 0.857. The number of amides is 1. The van der Waals surface area contributed by atoms with Crippen molar-refractivity contribution in [2.24, 2.45) is 0 Å². The van der Waals surface area contributed by atoms with E-state index in [2.05, 4.69) is 5.32 Å². The predicted molar refractivity (Wildman–Crippen MR) is 100 cm³/mol.